The van der Waals surface area contributed by atoms with Crippen LogP contribution in [0.5, 0.6) is 0 Å². The van der Waals surface area contributed by atoms with Crippen LogP contribution in [0.2, 0.25) is 0 Å². The lowest BCUT2D eigenvalue weighted by Crippen LogP contribution is -2.31. The lowest BCUT2D eigenvalue weighted by atomic mass is 10.2. The van der Waals surface area contributed by atoms with Crippen molar-refractivity contribution in [1.29, 1.82) is 0 Å². The van der Waals surface area contributed by atoms with E-state index in [0.717, 1.165) is 11.1 Å². The maximum absolute atomic E-state index is 13.3. The molecule has 0 radical (unpaired) electrons. The number of para-hydroxylation sites is 1. The van der Waals surface area contributed by atoms with E-state index in [-0.39, 0.29) is 11.4 Å². The minimum atomic E-state index is -3.72. The van der Waals surface area contributed by atoms with Gasteiger partial charge in [0.1, 0.15) is 5.76 Å². The van der Waals surface area contributed by atoms with Gasteiger partial charge in [-0.3, -0.25) is 4.31 Å². The summed E-state index contributed by atoms with van der Waals surface area (Å²) in [4.78, 5) is 0.258. The SMILES string of the molecule is Cc1ccc(S(=O)(=O)N(Cc2c(C)noc2C)c2ccccc2)cc1. The summed E-state index contributed by atoms with van der Waals surface area (Å²) in [5.74, 6) is 0.623. The van der Waals surface area contributed by atoms with Gasteiger partial charge < -0.3 is 4.52 Å². The van der Waals surface area contributed by atoms with Gasteiger partial charge in [0, 0.05) is 5.56 Å². The Morgan fingerprint density at radius 3 is 2.16 bits per heavy atom. The molecule has 3 rings (SSSR count). The number of nitrogens with zero attached hydrogens (tertiary/aromatic N) is 2. The van der Waals surface area contributed by atoms with Gasteiger partial charge in [0.2, 0.25) is 0 Å². The Morgan fingerprint density at radius 1 is 0.960 bits per heavy atom. The quantitative estimate of drug-likeness (QED) is 0.693. The zero-order valence-corrected chi connectivity index (χ0v) is 15.2. The fraction of sp³-hybridized carbons (Fsp3) is 0.211. The van der Waals surface area contributed by atoms with Crippen molar-refractivity contribution in [2.45, 2.75) is 32.2 Å². The summed E-state index contributed by atoms with van der Waals surface area (Å²) in [7, 11) is -3.72. The molecule has 6 heteroatoms. The van der Waals surface area contributed by atoms with Crippen molar-refractivity contribution >= 4 is 15.7 Å². The van der Waals surface area contributed by atoms with Crippen molar-refractivity contribution in [3.8, 4) is 0 Å². The molecule has 0 aliphatic carbocycles. The van der Waals surface area contributed by atoms with Crippen LogP contribution in [0.3, 0.4) is 0 Å². The predicted molar refractivity (Wildman–Crippen MR) is 97.0 cm³/mol. The molecule has 130 valence electrons. The van der Waals surface area contributed by atoms with Crippen molar-refractivity contribution in [2.24, 2.45) is 0 Å². The van der Waals surface area contributed by atoms with Crippen LogP contribution in [0.25, 0.3) is 0 Å². The summed E-state index contributed by atoms with van der Waals surface area (Å²) in [5, 5.41) is 3.93. The minimum Gasteiger partial charge on any atom is -0.361 e. The number of rotatable bonds is 5. The topological polar surface area (TPSA) is 63.4 Å². The third kappa shape index (κ3) is 3.44. The summed E-state index contributed by atoms with van der Waals surface area (Å²) in [6, 6.07) is 15.9. The van der Waals surface area contributed by atoms with E-state index in [1.165, 1.54) is 4.31 Å². The molecule has 5 nitrogen and oxygen atoms in total. The number of hydrogen-bond donors (Lipinski definition) is 0. The van der Waals surface area contributed by atoms with Crippen LogP contribution >= 0.6 is 0 Å². The molecule has 0 saturated carbocycles. The van der Waals surface area contributed by atoms with Gasteiger partial charge in [-0.05, 0) is 45.0 Å². The number of hydrogen-bond acceptors (Lipinski definition) is 4. The Morgan fingerprint density at radius 2 is 1.60 bits per heavy atom. The van der Waals surface area contributed by atoms with E-state index in [9.17, 15) is 8.42 Å². The molecule has 0 aliphatic rings. The Kier molecular flexibility index (Phi) is 4.63. The maximum Gasteiger partial charge on any atom is 0.264 e. The molecule has 1 heterocycles. The van der Waals surface area contributed by atoms with E-state index in [2.05, 4.69) is 5.16 Å². The summed E-state index contributed by atoms with van der Waals surface area (Å²) in [6.45, 7) is 5.70. The van der Waals surface area contributed by atoms with E-state index >= 15 is 0 Å². The monoisotopic (exact) mass is 356 g/mol. The molecule has 25 heavy (non-hydrogen) atoms. The van der Waals surface area contributed by atoms with E-state index in [0.29, 0.717) is 17.1 Å². The molecule has 0 atom stereocenters. The highest BCUT2D eigenvalue weighted by Crippen LogP contribution is 2.27. The first-order chi connectivity index (χ1) is 11.9. The van der Waals surface area contributed by atoms with Gasteiger partial charge in [-0.2, -0.15) is 0 Å². The first-order valence-electron chi connectivity index (χ1n) is 7.96. The first kappa shape index (κ1) is 17.2. The average Bonchev–Trinajstić information content (AvgIpc) is 2.92. The standard InChI is InChI=1S/C19H20N2O3S/c1-14-9-11-18(12-10-14)25(22,23)21(17-7-5-4-6-8-17)13-19-15(2)20-24-16(19)3/h4-12H,13H2,1-3H3. The Balaban J connectivity index is 2.09. The molecule has 0 saturated heterocycles. The molecular weight excluding hydrogens is 336 g/mol. The Labute approximate surface area is 147 Å². The second kappa shape index (κ2) is 6.72. The van der Waals surface area contributed by atoms with E-state index in [1.807, 2.05) is 32.0 Å². The molecule has 0 fully saturated rings. The Hall–Kier alpha value is -2.60. The van der Waals surface area contributed by atoms with Crippen LogP contribution in [0.1, 0.15) is 22.6 Å². The number of benzene rings is 2. The third-order valence-corrected chi connectivity index (χ3v) is 5.92. The van der Waals surface area contributed by atoms with E-state index in [1.54, 1.807) is 43.3 Å². The predicted octanol–water partition coefficient (Wildman–Crippen LogP) is 4.00. The third-order valence-electron chi connectivity index (χ3n) is 4.14. The maximum atomic E-state index is 13.3. The zero-order chi connectivity index (χ0) is 18.0. The van der Waals surface area contributed by atoms with E-state index < -0.39 is 10.0 Å². The molecule has 1 aromatic heterocycles. The van der Waals surface area contributed by atoms with Crippen LogP contribution in [0, 0.1) is 20.8 Å². The van der Waals surface area contributed by atoms with Crippen molar-refractivity contribution in [1.82, 2.24) is 5.16 Å². The Bertz CT molecular complexity index is 942. The smallest absolute Gasteiger partial charge is 0.264 e. The number of sulfonamides is 1. The molecule has 0 N–H and O–H groups in total. The fourth-order valence-corrected chi connectivity index (χ4v) is 4.05. The van der Waals surface area contributed by atoms with Crippen molar-refractivity contribution < 1.29 is 12.9 Å². The van der Waals surface area contributed by atoms with E-state index in [4.69, 9.17) is 4.52 Å². The average molecular weight is 356 g/mol. The molecule has 2 aromatic carbocycles. The second-order valence-electron chi connectivity index (χ2n) is 5.96. The van der Waals surface area contributed by atoms with Crippen molar-refractivity contribution in [2.75, 3.05) is 4.31 Å². The molecule has 0 spiro atoms. The summed E-state index contributed by atoms with van der Waals surface area (Å²) >= 11 is 0. The van der Waals surface area contributed by atoms with Crippen LogP contribution < -0.4 is 4.31 Å². The van der Waals surface area contributed by atoms with Crippen LogP contribution in [0.15, 0.2) is 64.0 Å². The van der Waals surface area contributed by atoms with Gasteiger partial charge >= 0.3 is 0 Å². The summed E-state index contributed by atoms with van der Waals surface area (Å²) in [6.07, 6.45) is 0. The van der Waals surface area contributed by atoms with Crippen molar-refractivity contribution in [3.05, 3.63) is 77.2 Å². The molecule has 0 aliphatic heterocycles. The molecule has 0 unspecified atom stereocenters. The van der Waals surface area contributed by atoms with Gasteiger partial charge in [0.05, 0.1) is 22.8 Å². The van der Waals surface area contributed by atoms with Gasteiger partial charge in [-0.15, -0.1) is 0 Å². The van der Waals surface area contributed by atoms with Crippen LogP contribution in [-0.2, 0) is 16.6 Å². The number of aromatic nitrogens is 1. The fourth-order valence-electron chi connectivity index (χ4n) is 2.62. The highest BCUT2D eigenvalue weighted by atomic mass is 32.2. The van der Waals surface area contributed by atoms with Crippen LogP contribution in [-0.4, -0.2) is 13.6 Å². The molecule has 0 amide bonds. The molecule has 0 bridgehead atoms. The van der Waals surface area contributed by atoms with Crippen LogP contribution in [0.4, 0.5) is 5.69 Å². The largest absolute Gasteiger partial charge is 0.361 e. The van der Waals surface area contributed by atoms with Crippen molar-refractivity contribution in [3.63, 3.8) is 0 Å². The normalized spacial score (nSPS) is 11.5. The zero-order valence-electron chi connectivity index (χ0n) is 14.4. The number of aryl methyl sites for hydroxylation is 3. The lowest BCUT2D eigenvalue weighted by Gasteiger charge is -2.24. The molecule has 3 aromatic rings. The second-order valence-corrected chi connectivity index (χ2v) is 7.83. The summed E-state index contributed by atoms with van der Waals surface area (Å²) in [5.41, 5.74) is 3.08. The summed E-state index contributed by atoms with van der Waals surface area (Å²) < 4.78 is 33.1. The number of anilines is 1. The van der Waals surface area contributed by atoms with Gasteiger partial charge in [0.15, 0.2) is 0 Å². The first-order valence-corrected chi connectivity index (χ1v) is 9.40. The molecular formula is C19H20N2O3S. The highest BCUT2D eigenvalue weighted by Gasteiger charge is 2.27. The van der Waals surface area contributed by atoms with Gasteiger partial charge in [-0.25, -0.2) is 8.42 Å². The minimum absolute atomic E-state index is 0.168. The highest BCUT2D eigenvalue weighted by molar-refractivity contribution is 7.92. The lowest BCUT2D eigenvalue weighted by molar-refractivity contribution is 0.392. The van der Waals surface area contributed by atoms with Gasteiger partial charge in [-0.1, -0.05) is 41.1 Å². The van der Waals surface area contributed by atoms with Gasteiger partial charge in [0.25, 0.3) is 10.0 Å².